The molecule has 0 heterocycles. The fourth-order valence-corrected chi connectivity index (χ4v) is 3.56. The number of rotatable bonds is 7. The van der Waals surface area contributed by atoms with Crippen molar-refractivity contribution in [3.05, 3.63) is 0 Å². The van der Waals surface area contributed by atoms with Gasteiger partial charge < -0.3 is 15.2 Å². The first-order chi connectivity index (χ1) is 10.7. The van der Waals surface area contributed by atoms with Crippen molar-refractivity contribution in [2.24, 2.45) is 11.8 Å². The van der Waals surface area contributed by atoms with Crippen LogP contribution in [-0.4, -0.2) is 36.2 Å². The fourth-order valence-electron chi connectivity index (χ4n) is 3.56. The molecule has 2 N–H and O–H groups in total. The van der Waals surface area contributed by atoms with Gasteiger partial charge >= 0.3 is 5.97 Å². The van der Waals surface area contributed by atoms with Crippen molar-refractivity contribution in [2.75, 3.05) is 13.2 Å². The monoisotopic (exact) mass is 311 g/mol. The van der Waals surface area contributed by atoms with Crippen LogP contribution in [0.3, 0.4) is 0 Å². The summed E-state index contributed by atoms with van der Waals surface area (Å²) in [6, 6.07) is 0. The first-order valence-corrected chi connectivity index (χ1v) is 8.79. The molecule has 2 aliphatic rings. The predicted octanol–water partition coefficient (Wildman–Crippen LogP) is 2.73. The summed E-state index contributed by atoms with van der Waals surface area (Å²) in [5, 5.41) is 12.0. The van der Waals surface area contributed by atoms with E-state index in [1.807, 2.05) is 0 Å². The largest absolute Gasteiger partial charge is 0.481 e. The van der Waals surface area contributed by atoms with Gasteiger partial charge in [-0.3, -0.25) is 9.59 Å². The maximum atomic E-state index is 12.1. The van der Waals surface area contributed by atoms with E-state index in [0.717, 1.165) is 19.3 Å². The molecule has 2 rings (SSSR count). The lowest BCUT2D eigenvalue weighted by atomic mass is 9.81. The Hall–Kier alpha value is -1.10. The molecule has 2 aliphatic carbocycles. The average molecular weight is 311 g/mol. The molecule has 2 unspecified atom stereocenters. The number of nitrogens with one attached hydrogen (secondary N) is 1. The van der Waals surface area contributed by atoms with Crippen LogP contribution in [0.15, 0.2) is 0 Å². The van der Waals surface area contributed by atoms with Gasteiger partial charge in [-0.2, -0.15) is 0 Å². The summed E-state index contributed by atoms with van der Waals surface area (Å²) in [6.45, 7) is 1.33. The highest BCUT2D eigenvalue weighted by Crippen LogP contribution is 2.29. The van der Waals surface area contributed by atoms with E-state index in [-0.39, 0.29) is 17.7 Å². The van der Waals surface area contributed by atoms with Gasteiger partial charge in [-0.05, 0) is 38.5 Å². The van der Waals surface area contributed by atoms with Crippen LogP contribution in [0, 0.1) is 11.8 Å². The van der Waals surface area contributed by atoms with Crippen LogP contribution in [0.5, 0.6) is 0 Å². The Morgan fingerprint density at radius 3 is 2.45 bits per heavy atom. The second-order valence-corrected chi connectivity index (χ2v) is 6.67. The highest BCUT2D eigenvalue weighted by Gasteiger charge is 2.30. The molecule has 5 heteroatoms. The molecule has 2 saturated carbocycles. The lowest BCUT2D eigenvalue weighted by Crippen LogP contribution is -2.36. The molecule has 1 amide bonds. The number of aliphatic carboxylic acids is 1. The molecule has 0 aromatic rings. The Labute approximate surface area is 132 Å². The van der Waals surface area contributed by atoms with Crippen molar-refractivity contribution in [3.63, 3.8) is 0 Å². The summed E-state index contributed by atoms with van der Waals surface area (Å²) in [4.78, 5) is 23.1. The second-order valence-electron chi connectivity index (χ2n) is 6.67. The molecule has 0 bridgehead atoms. The summed E-state index contributed by atoms with van der Waals surface area (Å²) in [7, 11) is 0. The van der Waals surface area contributed by atoms with E-state index in [4.69, 9.17) is 9.84 Å². The third kappa shape index (κ3) is 5.59. The first kappa shape index (κ1) is 17.3. The Kier molecular flexibility index (Phi) is 7.16. The van der Waals surface area contributed by atoms with Gasteiger partial charge in [-0.1, -0.05) is 25.7 Å². The molecule has 0 aromatic heterocycles. The smallest absolute Gasteiger partial charge is 0.306 e. The molecule has 0 spiro atoms. The molecular formula is C17H29NO4. The normalized spacial score (nSPS) is 26.5. The van der Waals surface area contributed by atoms with Crippen molar-refractivity contribution >= 4 is 11.9 Å². The van der Waals surface area contributed by atoms with Gasteiger partial charge in [-0.15, -0.1) is 0 Å². The van der Waals surface area contributed by atoms with E-state index in [2.05, 4.69) is 5.32 Å². The van der Waals surface area contributed by atoms with E-state index >= 15 is 0 Å². The summed E-state index contributed by atoms with van der Waals surface area (Å²) in [5.41, 5.74) is 0. The van der Waals surface area contributed by atoms with E-state index in [1.54, 1.807) is 0 Å². The van der Waals surface area contributed by atoms with Gasteiger partial charge in [0.25, 0.3) is 0 Å². The minimum atomic E-state index is -0.765. The van der Waals surface area contributed by atoms with Crippen molar-refractivity contribution in [2.45, 2.75) is 70.3 Å². The molecular weight excluding hydrogens is 282 g/mol. The highest BCUT2D eigenvalue weighted by atomic mass is 16.5. The molecule has 2 atom stereocenters. The zero-order valence-electron chi connectivity index (χ0n) is 13.4. The standard InChI is InChI=1S/C17H29NO4/c19-16(13-6-4-7-14(12-13)17(20)21)18-10-5-11-22-15-8-2-1-3-9-15/h13-15H,1-12H2,(H,18,19)(H,20,21). The van der Waals surface area contributed by atoms with Crippen LogP contribution in [-0.2, 0) is 14.3 Å². The number of hydrogen-bond acceptors (Lipinski definition) is 3. The van der Waals surface area contributed by atoms with E-state index < -0.39 is 5.97 Å². The van der Waals surface area contributed by atoms with Crippen LogP contribution < -0.4 is 5.32 Å². The minimum Gasteiger partial charge on any atom is -0.481 e. The zero-order chi connectivity index (χ0) is 15.8. The van der Waals surface area contributed by atoms with E-state index in [0.29, 0.717) is 32.1 Å². The Balaban J connectivity index is 1.56. The molecule has 22 heavy (non-hydrogen) atoms. The minimum absolute atomic E-state index is 0.0172. The van der Waals surface area contributed by atoms with Crippen molar-refractivity contribution in [3.8, 4) is 0 Å². The topological polar surface area (TPSA) is 75.6 Å². The molecule has 2 fully saturated rings. The Morgan fingerprint density at radius 2 is 1.73 bits per heavy atom. The lowest BCUT2D eigenvalue weighted by Gasteiger charge is -2.25. The molecule has 5 nitrogen and oxygen atoms in total. The van der Waals surface area contributed by atoms with E-state index in [9.17, 15) is 9.59 Å². The summed E-state index contributed by atoms with van der Waals surface area (Å²) in [6.07, 6.45) is 10.3. The summed E-state index contributed by atoms with van der Waals surface area (Å²) >= 11 is 0. The first-order valence-electron chi connectivity index (χ1n) is 8.79. The highest BCUT2D eigenvalue weighted by molar-refractivity contribution is 5.80. The number of carbonyl (C=O) groups is 2. The maximum Gasteiger partial charge on any atom is 0.306 e. The van der Waals surface area contributed by atoms with Crippen LogP contribution in [0.1, 0.15) is 64.2 Å². The molecule has 0 aromatic carbocycles. The van der Waals surface area contributed by atoms with Gasteiger partial charge in [0.05, 0.1) is 12.0 Å². The fraction of sp³-hybridized carbons (Fsp3) is 0.882. The number of carboxylic acid groups (broad SMARTS) is 1. The maximum absolute atomic E-state index is 12.1. The quantitative estimate of drug-likeness (QED) is 0.709. The summed E-state index contributed by atoms with van der Waals surface area (Å²) in [5.74, 6) is -1.23. The van der Waals surface area contributed by atoms with Crippen molar-refractivity contribution < 1.29 is 19.4 Å². The van der Waals surface area contributed by atoms with Crippen LogP contribution >= 0.6 is 0 Å². The Morgan fingerprint density at radius 1 is 1.00 bits per heavy atom. The number of hydrogen-bond donors (Lipinski definition) is 2. The SMILES string of the molecule is O=C(O)C1CCCC(C(=O)NCCCOC2CCCCC2)C1. The van der Waals surface area contributed by atoms with Gasteiger partial charge in [0, 0.05) is 19.1 Å². The van der Waals surface area contributed by atoms with Crippen LogP contribution in [0.2, 0.25) is 0 Å². The van der Waals surface area contributed by atoms with Gasteiger partial charge in [0.2, 0.25) is 5.91 Å². The third-order valence-corrected chi connectivity index (χ3v) is 4.92. The molecule has 0 radical (unpaired) electrons. The van der Waals surface area contributed by atoms with Crippen molar-refractivity contribution in [1.82, 2.24) is 5.32 Å². The molecule has 0 aliphatic heterocycles. The number of carbonyl (C=O) groups excluding carboxylic acids is 1. The number of ether oxygens (including phenoxy) is 1. The van der Waals surface area contributed by atoms with Crippen LogP contribution in [0.4, 0.5) is 0 Å². The summed E-state index contributed by atoms with van der Waals surface area (Å²) < 4.78 is 5.83. The van der Waals surface area contributed by atoms with E-state index in [1.165, 1.54) is 32.1 Å². The van der Waals surface area contributed by atoms with Crippen LogP contribution in [0.25, 0.3) is 0 Å². The van der Waals surface area contributed by atoms with Gasteiger partial charge in [0.1, 0.15) is 0 Å². The number of carboxylic acids is 1. The third-order valence-electron chi connectivity index (χ3n) is 4.92. The molecule has 126 valence electrons. The van der Waals surface area contributed by atoms with Gasteiger partial charge in [-0.25, -0.2) is 0 Å². The molecule has 0 saturated heterocycles. The predicted molar refractivity (Wildman–Crippen MR) is 83.5 cm³/mol. The number of amides is 1. The zero-order valence-corrected chi connectivity index (χ0v) is 13.4. The lowest BCUT2D eigenvalue weighted by molar-refractivity contribution is -0.144. The van der Waals surface area contributed by atoms with Crippen molar-refractivity contribution in [1.29, 1.82) is 0 Å². The average Bonchev–Trinajstić information content (AvgIpc) is 2.55. The van der Waals surface area contributed by atoms with Gasteiger partial charge in [0.15, 0.2) is 0 Å². The second kappa shape index (κ2) is 9.13. The Bertz CT molecular complexity index is 366.